The van der Waals surface area contributed by atoms with Gasteiger partial charge in [0.25, 0.3) is 11.1 Å². The quantitative estimate of drug-likeness (QED) is 0.819. The molecule has 1 aromatic rings. The van der Waals surface area contributed by atoms with Crippen molar-refractivity contribution in [3.63, 3.8) is 0 Å². The number of phenolic OH excluding ortho intramolecular Hbond substituents is 1. The Kier molecular flexibility index (Phi) is 3.57. The first kappa shape index (κ1) is 12.5. The number of thioether (sulfide) groups is 1. The summed E-state index contributed by atoms with van der Waals surface area (Å²) in [6.07, 6.45) is 1.54. The summed E-state index contributed by atoms with van der Waals surface area (Å²) in [4.78, 5) is 22.6. The fourth-order valence-corrected chi connectivity index (χ4v) is 2.16. The molecular weight excluding hydrogens is 254 g/mol. The van der Waals surface area contributed by atoms with Crippen LogP contribution in [0, 0.1) is 0 Å². The van der Waals surface area contributed by atoms with E-state index in [1.165, 1.54) is 6.07 Å². The Balaban J connectivity index is 2.25. The number of benzene rings is 1. The fraction of sp³-hybridized carbons (Fsp3) is 0.167. The van der Waals surface area contributed by atoms with E-state index in [0.29, 0.717) is 22.8 Å². The number of carbonyl (C=O) groups is 2. The minimum atomic E-state index is -0.418. The summed E-state index contributed by atoms with van der Waals surface area (Å²) in [7, 11) is 0. The molecule has 0 saturated carbocycles. The number of nitrogens with one attached hydrogen (secondary N) is 1. The van der Waals surface area contributed by atoms with Gasteiger partial charge in [0, 0.05) is 0 Å². The standard InChI is InChI=1S/C12H11NO4S/c1-2-17-9-4-3-7(5-8(9)14)6-10-11(15)13-12(16)18-10/h3-6,14H,2H2,1H3,(H,13,15,16)/b10-6-. The minimum absolute atomic E-state index is 0.000863. The third-order valence-corrected chi connectivity index (χ3v) is 3.03. The number of hydrogen-bond acceptors (Lipinski definition) is 5. The average Bonchev–Trinajstić information content (AvgIpc) is 2.61. The fourth-order valence-electron chi connectivity index (χ4n) is 1.47. The first-order valence-corrected chi connectivity index (χ1v) is 6.12. The van der Waals surface area contributed by atoms with E-state index in [-0.39, 0.29) is 11.0 Å². The van der Waals surface area contributed by atoms with Crippen molar-refractivity contribution in [2.24, 2.45) is 0 Å². The predicted octanol–water partition coefficient (Wildman–Crippen LogP) is 2.11. The molecule has 1 heterocycles. The van der Waals surface area contributed by atoms with Crippen molar-refractivity contribution in [3.8, 4) is 11.5 Å². The van der Waals surface area contributed by atoms with Crippen LogP contribution in [0.15, 0.2) is 23.1 Å². The molecule has 0 spiro atoms. The summed E-state index contributed by atoms with van der Waals surface area (Å²) in [5, 5.41) is 11.5. The smallest absolute Gasteiger partial charge is 0.290 e. The largest absolute Gasteiger partial charge is 0.504 e. The number of ether oxygens (including phenoxy) is 1. The predicted molar refractivity (Wildman–Crippen MR) is 68.4 cm³/mol. The third-order valence-electron chi connectivity index (χ3n) is 2.22. The molecule has 0 aliphatic carbocycles. The monoisotopic (exact) mass is 265 g/mol. The van der Waals surface area contributed by atoms with Gasteiger partial charge >= 0.3 is 0 Å². The van der Waals surface area contributed by atoms with Crippen molar-refractivity contribution in [2.75, 3.05) is 6.61 Å². The summed E-state index contributed by atoms with van der Waals surface area (Å²) < 4.78 is 5.19. The van der Waals surface area contributed by atoms with Gasteiger partial charge in [-0.15, -0.1) is 0 Å². The van der Waals surface area contributed by atoms with E-state index in [1.807, 2.05) is 6.92 Å². The molecule has 0 unspecified atom stereocenters. The van der Waals surface area contributed by atoms with Gasteiger partial charge in [-0.2, -0.15) is 0 Å². The summed E-state index contributed by atoms with van der Waals surface area (Å²) in [5.41, 5.74) is 0.628. The van der Waals surface area contributed by atoms with Crippen molar-refractivity contribution in [1.82, 2.24) is 5.32 Å². The lowest BCUT2D eigenvalue weighted by atomic mass is 10.2. The number of phenols is 1. The lowest BCUT2D eigenvalue weighted by Crippen LogP contribution is -2.17. The molecule has 0 atom stereocenters. The van der Waals surface area contributed by atoms with E-state index in [0.717, 1.165) is 11.8 Å². The number of amides is 2. The molecule has 0 bridgehead atoms. The SMILES string of the molecule is CCOc1ccc(/C=C2\SC(=O)NC2=O)cc1O. The van der Waals surface area contributed by atoms with Crippen molar-refractivity contribution in [2.45, 2.75) is 6.92 Å². The second kappa shape index (κ2) is 5.14. The van der Waals surface area contributed by atoms with Crippen molar-refractivity contribution < 1.29 is 19.4 Å². The summed E-state index contributed by atoms with van der Waals surface area (Å²) in [6, 6.07) is 4.80. The van der Waals surface area contributed by atoms with Gasteiger partial charge < -0.3 is 9.84 Å². The van der Waals surface area contributed by atoms with Gasteiger partial charge in [-0.3, -0.25) is 14.9 Å². The number of hydrogen-bond donors (Lipinski definition) is 2. The summed E-state index contributed by atoms with van der Waals surface area (Å²) >= 11 is 0.837. The van der Waals surface area contributed by atoms with Crippen LogP contribution in [0.1, 0.15) is 12.5 Å². The Labute approximate surface area is 108 Å². The number of imide groups is 1. The molecule has 1 saturated heterocycles. The minimum Gasteiger partial charge on any atom is -0.504 e. The molecule has 1 aliphatic heterocycles. The van der Waals surface area contributed by atoms with E-state index in [9.17, 15) is 14.7 Å². The van der Waals surface area contributed by atoms with Crippen molar-refractivity contribution in [3.05, 3.63) is 28.7 Å². The van der Waals surface area contributed by atoms with E-state index < -0.39 is 5.91 Å². The van der Waals surface area contributed by atoms with Gasteiger partial charge in [0.05, 0.1) is 11.5 Å². The normalized spacial score (nSPS) is 17.1. The highest BCUT2D eigenvalue weighted by atomic mass is 32.2. The van der Waals surface area contributed by atoms with Gasteiger partial charge in [0.2, 0.25) is 0 Å². The average molecular weight is 265 g/mol. The first-order valence-electron chi connectivity index (χ1n) is 5.31. The molecule has 94 valence electrons. The van der Waals surface area contributed by atoms with E-state index >= 15 is 0 Å². The van der Waals surface area contributed by atoms with E-state index in [4.69, 9.17) is 4.74 Å². The third kappa shape index (κ3) is 2.65. The maximum atomic E-state index is 11.3. The Morgan fingerprint density at radius 3 is 2.78 bits per heavy atom. The zero-order valence-corrected chi connectivity index (χ0v) is 10.4. The molecule has 0 radical (unpaired) electrons. The van der Waals surface area contributed by atoms with Crippen LogP contribution in [0.3, 0.4) is 0 Å². The van der Waals surface area contributed by atoms with Gasteiger partial charge in [0.1, 0.15) is 0 Å². The number of carbonyl (C=O) groups excluding carboxylic acids is 2. The molecule has 0 aromatic heterocycles. The highest BCUT2D eigenvalue weighted by Gasteiger charge is 2.24. The molecule has 1 aromatic carbocycles. The molecule has 1 aliphatic rings. The lowest BCUT2D eigenvalue weighted by Gasteiger charge is -2.05. The molecule has 18 heavy (non-hydrogen) atoms. The Bertz CT molecular complexity index is 539. The van der Waals surface area contributed by atoms with Gasteiger partial charge in [0.15, 0.2) is 11.5 Å². The second-order valence-corrected chi connectivity index (χ2v) is 4.53. The Morgan fingerprint density at radius 2 is 2.22 bits per heavy atom. The summed E-state index contributed by atoms with van der Waals surface area (Å²) in [5.74, 6) is -0.0291. The molecular formula is C12H11NO4S. The maximum Gasteiger partial charge on any atom is 0.290 e. The molecule has 6 heteroatoms. The highest BCUT2D eigenvalue weighted by Crippen LogP contribution is 2.30. The zero-order chi connectivity index (χ0) is 13.1. The van der Waals surface area contributed by atoms with E-state index in [1.54, 1.807) is 18.2 Å². The zero-order valence-electron chi connectivity index (χ0n) is 9.60. The van der Waals surface area contributed by atoms with Crippen LogP contribution in [0.25, 0.3) is 6.08 Å². The van der Waals surface area contributed by atoms with Crippen LogP contribution in [-0.2, 0) is 4.79 Å². The van der Waals surface area contributed by atoms with Crippen LogP contribution in [0.5, 0.6) is 11.5 Å². The number of aromatic hydroxyl groups is 1. The van der Waals surface area contributed by atoms with Gasteiger partial charge in [-0.25, -0.2) is 0 Å². The van der Waals surface area contributed by atoms with Crippen molar-refractivity contribution >= 4 is 29.0 Å². The van der Waals surface area contributed by atoms with Crippen LogP contribution in [0.2, 0.25) is 0 Å². The lowest BCUT2D eigenvalue weighted by molar-refractivity contribution is -0.115. The van der Waals surface area contributed by atoms with Gasteiger partial charge in [-0.05, 0) is 42.5 Å². The van der Waals surface area contributed by atoms with Crippen molar-refractivity contribution in [1.29, 1.82) is 0 Å². The van der Waals surface area contributed by atoms with Crippen LogP contribution in [-0.4, -0.2) is 22.9 Å². The van der Waals surface area contributed by atoms with E-state index in [2.05, 4.69) is 5.32 Å². The molecule has 2 amide bonds. The highest BCUT2D eigenvalue weighted by molar-refractivity contribution is 8.18. The molecule has 5 nitrogen and oxygen atoms in total. The Morgan fingerprint density at radius 1 is 1.44 bits per heavy atom. The van der Waals surface area contributed by atoms with Crippen LogP contribution in [0.4, 0.5) is 4.79 Å². The first-order chi connectivity index (χ1) is 8.60. The second-order valence-electron chi connectivity index (χ2n) is 3.51. The molecule has 2 rings (SSSR count). The Hall–Kier alpha value is -1.95. The van der Waals surface area contributed by atoms with Crippen LogP contribution < -0.4 is 10.1 Å². The topological polar surface area (TPSA) is 75.6 Å². The van der Waals surface area contributed by atoms with Crippen LogP contribution >= 0.6 is 11.8 Å². The van der Waals surface area contributed by atoms with Gasteiger partial charge in [-0.1, -0.05) is 6.07 Å². The molecule has 1 fully saturated rings. The summed E-state index contributed by atoms with van der Waals surface area (Å²) in [6.45, 7) is 2.28. The maximum absolute atomic E-state index is 11.3. The molecule has 2 N–H and O–H groups in total. The number of rotatable bonds is 3.